The lowest BCUT2D eigenvalue weighted by Crippen LogP contribution is -2.49. The zero-order chi connectivity index (χ0) is 26.0. The monoisotopic (exact) mass is 536 g/mol. The Bertz CT molecular complexity index is 1490. The number of aromatic nitrogens is 2. The fourth-order valence-corrected chi connectivity index (χ4v) is 6.02. The van der Waals surface area contributed by atoms with Crippen LogP contribution in [0.5, 0.6) is 0 Å². The van der Waals surface area contributed by atoms with Gasteiger partial charge in [-0.05, 0) is 61.0 Å². The summed E-state index contributed by atoms with van der Waals surface area (Å²) < 4.78 is 41.0. The van der Waals surface area contributed by atoms with Gasteiger partial charge in [0.2, 0.25) is 10.0 Å². The maximum atomic E-state index is 13.3. The zero-order valence-corrected chi connectivity index (χ0v) is 21.9. The molecule has 1 fully saturated rings. The first kappa shape index (κ1) is 25.3. The predicted octanol–water partition coefficient (Wildman–Crippen LogP) is 5.35. The van der Waals surface area contributed by atoms with Gasteiger partial charge in [0, 0.05) is 54.4 Å². The fourth-order valence-electron chi connectivity index (χ4n) is 4.47. The first-order valence-corrected chi connectivity index (χ1v) is 13.8. The van der Waals surface area contributed by atoms with Crippen LogP contribution in [0.4, 0.5) is 10.2 Å². The molecule has 1 aliphatic rings. The second-order valence-electron chi connectivity index (χ2n) is 8.95. The van der Waals surface area contributed by atoms with Crippen molar-refractivity contribution >= 4 is 27.4 Å². The Morgan fingerprint density at radius 3 is 2.16 bits per heavy atom. The predicted molar refractivity (Wildman–Crippen MR) is 144 cm³/mol. The van der Waals surface area contributed by atoms with E-state index in [0.717, 1.165) is 28.2 Å². The van der Waals surface area contributed by atoms with E-state index in [4.69, 9.17) is 21.6 Å². The maximum absolute atomic E-state index is 13.3. The second kappa shape index (κ2) is 10.6. The van der Waals surface area contributed by atoms with E-state index in [9.17, 15) is 12.8 Å². The minimum absolute atomic E-state index is 0.0926. The molecule has 5 rings (SSSR count). The van der Waals surface area contributed by atoms with Crippen molar-refractivity contribution in [3.63, 3.8) is 0 Å². The van der Waals surface area contributed by atoms with Gasteiger partial charge >= 0.3 is 0 Å². The summed E-state index contributed by atoms with van der Waals surface area (Å²) in [6.07, 6.45) is 0.664. The summed E-state index contributed by atoms with van der Waals surface area (Å²) in [6.45, 7) is 3.52. The molecule has 0 aliphatic carbocycles. The number of hydrogen-bond donors (Lipinski definition) is 0. The number of benzene rings is 3. The highest BCUT2D eigenvalue weighted by atomic mass is 35.5. The van der Waals surface area contributed by atoms with Gasteiger partial charge in [-0.1, -0.05) is 41.9 Å². The van der Waals surface area contributed by atoms with E-state index in [1.807, 2.05) is 49.4 Å². The molecule has 0 atom stereocenters. The lowest BCUT2D eigenvalue weighted by atomic mass is 10.0. The van der Waals surface area contributed by atoms with Gasteiger partial charge in [-0.25, -0.2) is 22.8 Å². The van der Waals surface area contributed by atoms with Crippen molar-refractivity contribution in [3.8, 4) is 11.4 Å². The van der Waals surface area contributed by atoms with Gasteiger partial charge in [0.05, 0.1) is 4.90 Å². The van der Waals surface area contributed by atoms with Gasteiger partial charge in [0.15, 0.2) is 5.82 Å². The molecule has 1 saturated heterocycles. The average Bonchev–Trinajstić information content (AvgIpc) is 2.91. The fraction of sp³-hybridized carbons (Fsp3) is 0.214. The number of rotatable bonds is 6. The zero-order valence-electron chi connectivity index (χ0n) is 20.3. The molecule has 0 saturated carbocycles. The van der Waals surface area contributed by atoms with Crippen LogP contribution in [0.2, 0.25) is 5.02 Å². The van der Waals surface area contributed by atoms with E-state index in [1.54, 1.807) is 0 Å². The van der Waals surface area contributed by atoms with Gasteiger partial charge < -0.3 is 4.90 Å². The van der Waals surface area contributed by atoms with Gasteiger partial charge in [-0.15, -0.1) is 0 Å². The largest absolute Gasteiger partial charge is 0.354 e. The second-order valence-corrected chi connectivity index (χ2v) is 11.3. The molecule has 0 radical (unpaired) electrons. The van der Waals surface area contributed by atoms with E-state index in [0.29, 0.717) is 43.4 Å². The normalized spacial score (nSPS) is 14.6. The first-order valence-electron chi connectivity index (χ1n) is 12.0. The van der Waals surface area contributed by atoms with Crippen LogP contribution in [-0.4, -0.2) is 48.9 Å². The number of aryl methyl sites for hydroxylation is 1. The van der Waals surface area contributed by atoms with Crippen LogP contribution in [0.1, 0.15) is 16.8 Å². The summed E-state index contributed by atoms with van der Waals surface area (Å²) in [7, 11) is -3.71. The summed E-state index contributed by atoms with van der Waals surface area (Å²) in [4.78, 5) is 12.0. The summed E-state index contributed by atoms with van der Waals surface area (Å²) in [5.41, 5.74) is 3.89. The van der Waals surface area contributed by atoms with E-state index in [2.05, 4.69) is 17.0 Å². The Morgan fingerprint density at radius 1 is 0.865 bits per heavy atom. The first-order chi connectivity index (χ1) is 17.8. The number of halogens is 2. The molecule has 6 nitrogen and oxygen atoms in total. The molecule has 0 N–H and O–H groups in total. The van der Waals surface area contributed by atoms with Crippen LogP contribution in [0.15, 0.2) is 83.8 Å². The molecular formula is C28H26ClFN4O2S. The van der Waals surface area contributed by atoms with Crippen molar-refractivity contribution < 1.29 is 12.8 Å². The average molecular weight is 537 g/mol. The summed E-state index contributed by atoms with van der Waals surface area (Å²) in [6, 6.07) is 22.5. The maximum Gasteiger partial charge on any atom is 0.243 e. The van der Waals surface area contributed by atoms with Crippen LogP contribution in [0.3, 0.4) is 0 Å². The lowest BCUT2D eigenvalue weighted by Gasteiger charge is -2.36. The minimum Gasteiger partial charge on any atom is -0.354 e. The topological polar surface area (TPSA) is 66.4 Å². The van der Waals surface area contributed by atoms with Crippen LogP contribution in [-0.2, 0) is 16.4 Å². The van der Waals surface area contributed by atoms with E-state index in [-0.39, 0.29) is 4.90 Å². The molecule has 190 valence electrons. The third kappa shape index (κ3) is 5.51. The third-order valence-electron chi connectivity index (χ3n) is 6.51. The lowest BCUT2D eigenvalue weighted by molar-refractivity contribution is 0.383. The Hall–Kier alpha value is -3.33. The third-order valence-corrected chi connectivity index (χ3v) is 8.67. The van der Waals surface area contributed by atoms with E-state index >= 15 is 0 Å². The number of piperazine rings is 1. The van der Waals surface area contributed by atoms with Crippen LogP contribution < -0.4 is 4.90 Å². The van der Waals surface area contributed by atoms with E-state index < -0.39 is 15.8 Å². The number of anilines is 1. The van der Waals surface area contributed by atoms with Crippen LogP contribution in [0, 0.1) is 12.7 Å². The molecule has 2 heterocycles. The molecule has 1 aliphatic heterocycles. The Morgan fingerprint density at radius 2 is 1.51 bits per heavy atom. The van der Waals surface area contributed by atoms with Crippen molar-refractivity contribution in [2.75, 3.05) is 31.1 Å². The smallest absolute Gasteiger partial charge is 0.243 e. The van der Waals surface area contributed by atoms with Crippen molar-refractivity contribution in [3.05, 3.63) is 107 Å². The molecular weight excluding hydrogens is 511 g/mol. The number of sulfonamides is 1. The highest BCUT2D eigenvalue weighted by Crippen LogP contribution is 2.29. The molecule has 37 heavy (non-hydrogen) atoms. The number of hydrogen-bond acceptors (Lipinski definition) is 5. The van der Waals surface area contributed by atoms with Crippen molar-refractivity contribution in [2.24, 2.45) is 0 Å². The molecule has 1 aromatic heterocycles. The van der Waals surface area contributed by atoms with E-state index in [1.165, 1.54) is 28.6 Å². The molecule has 0 bridgehead atoms. The summed E-state index contributed by atoms with van der Waals surface area (Å²) in [5.74, 6) is 0.938. The van der Waals surface area contributed by atoms with Crippen molar-refractivity contribution in [1.82, 2.24) is 14.3 Å². The SMILES string of the molecule is Cc1nc(-c2ccc(Cl)cc2)nc(N2CCN(S(=O)(=O)c3ccc(F)cc3)CC2)c1Cc1ccccc1. The highest BCUT2D eigenvalue weighted by molar-refractivity contribution is 7.89. The highest BCUT2D eigenvalue weighted by Gasteiger charge is 2.30. The molecule has 0 unspecified atom stereocenters. The Kier molecular flexibility index (Phi) is 7.24. The molecule has 0 spiro atoms. The standard InChI is InChI=1S/C28H26ClFN4O2S/c1-20-26(19-21-5-3-2-4-6-21)28(32-27(31-20)22-7-9-23(29)10-8-22)33-15-17-34(18-16-33)37(35,36)25-13-11-24(30)12-14-25/h2-14H,15-19H2,1H3. The van der Waals surface area contributed by atoms with Gasteiger partial charge in [-0.3, -0.25) is 0 Å². The quantitative estimate of drug-likeness (QED) is 0.332. The molecule has 9 heteroatoms. The van der Waals surface area contributed by atoms with Crippen LogP contribution in [0.25, 0.3) is 11.4 Å². The number of nitrogens with zero attached hydrogens (tertiary/aromatic N) is 4. The summed E-state index contributed by atoms with van der Waals surface area (Å²) >= 11 is 6.08. The summed E-state index contributed by atoms with van der Waals surface area (Å²) in [5, 5.41) is 0.639. The Labute approximate surface area is 221 Å². The van der Waals surface area contributed by atoms with Gasteiger partial charge in [0.25, 0.3) is 0 Å². The van der Waals surface area contributed by atoms with Crippen LogP contribution >= 0.6 is 11.6 Å². The molecule has 0 amide bonds. The molecule has 4 aromatic rings. The Balaban J connectivity index is 1.46. The van der Waals surface area contributed by atoms with Crippen molar-refractivity contribution in [2.45, 2.75) is 18.2 Å². The van der Waals surface area contributed by atoms with Crippen molar-refractivity contribution in [1.29, 1.82) is 0 Å². The minimum atomic E-state index is -3.71. The van der Waals surface area contributed by atoms with Gasteiger partial charge in [-0.2, -0.15) is 4.31 Å². The molecule has 3 aromatic carbocycles. The van der Waals surface area contributed by atoms with Gasteiger partial charge in [0.1, 0.15) is 11.6 Å².